The zero-order chi connectivity index (χ0) is 22.7. The van der Waals surface area contributed by atoms with Crippen molar-refractivity contribution in [1.29, 1.82) is 5.41 Å². The van der Waals surface area contributed by atoms with Crippen LogP contribution in [0.25, 0.3) is 0 Å². The minimum atomic E-state index is -0.833. The van der Waals surface area contributed by atoms with Crippen molar-refractivity contribution >= 4 is 29.4 Å². The molecule has 0 unspecified atom stereocenters. The second-order valence-electron chi connectivity index (χ2n) is 6.20. The van der Waals surface area contributed by atoms with E-state index < -0.39 is 11.9 Å². The third kappa shape index (κ3) is 8.87. The normalized spacial score (nSPS) is 9.57. The van der Waals surface area contributed by atoms with Gasteiger partial charge in [-0.1, -0.05) is 30.3 Å². The molecule has 5 N–H and O–H groups in total. The Kier molecular flexibility index (Phi) is 9.54. The van der Waals surface area contributed by atoms with E-state index >= 15 is 0 Å². The Bertz CT molecular complexity index is 905. The Morgan fingerprint density at radius 1 is 1.13 bits per heavy atom. The number of hydrogen-bond acceptors (Lipinski definition) is 6. The summed E-state index contributed by atoms with van der Waals surface area (Å²) >= 11 is 0. The number of methoxy groups -OCH3 is 1. The molecule has 0 fully saturated rings. The van der Waals surface area contributed by atoms with E-state index in [4.69, 9.17) is 25.8 Å². The lowest BCUT2D eigenvalue weighted by atomic mass is 10.1. The molecule has 0 aromatic heterocycles. The van der Waals surface area contributed by atoms with Crippen molar-refractivity contribution < 1.29 is 29.0 Å². The van der Waals surface area contributed by atoms with Gasteiger partial charge in [-0.25, -0.2) is 4.79 Å². The zero-order valence-corrected chi connectivity index (χ0v) is 17.0. The number of nitrogens with one attached hydrogen (secondary N) is 2. The summed E-state index contributed by atoms with van der Waals surface area (Å²) in [5, 5.41) is 17.6. The third-order valence-electron chi connectivity index (χ3n) is 3.70. The Morgan fingerprint density at radius 2 is 1.73 bits per heavy atom. The average molecular weight is 415 g/mol. The van der Waals surface area contributed by atoms with Gasteiger partial charge in [0.05, 0.1) is 13.5 Å². The number of amidine groups is 1. The van der Waals surface area contributed by atoms with Crippen LogP contribution in [0.15, 0.2) is 42.5 Å². The lowest BCUT2D eigenvalue weighted by Gasteiger charge is -2.11. The van der Waals surface area contributed by atoms with Crippen molar-refractivity contribution in [3.05, 3.63) is 59.2 Å². The number of hydrogen-bond donors (Lipinski definition) is 4. The number of ether oxygens (including phenoxy) is 2. The lowest BCUT2D eigenvalue weighted by Crippen LogP contribution is -2.16. The summed E-state index contributed by atoms with van der Waals surface area (Å²) in [7, 11) is 1.29. The Labute approximate surface area is 174 Å². The molecular formula is C21H25N3O6. The van der Waals surface area contributed by atoms with Gasteiger partial charge >= 0.3 is 5.97 Å². The number of carboxylic acid groups (broad SMARTS) is 1. The number of anilines is 1. The Morgan fingerprint density at radius 3 is 2.27 bits per heavy atom. The van der Waals surface area contributed by atoms with Gasteiger partial charge in [0.15, 0.2) is 6.61 Å². The molecule has 2 aromatic rings. The number of nitrogens with two attached hydrogens (primary N) is 1. The first-order chi connectivity index (χ1) is 14.1. The van der Waals surface area contributed by atoms with Crippen molar-refractivity contribution in [2.75, 3.05) is 19.0 Å². The fourth-order valence-electron chi connectivity index (χ4n) is 2.21. The molecule has 0 aliphatic rings. The summed E-state index contributed by atoms with van der Waals surface area (Å²) in [6.45, 7) is 2.75. The number of benzene rings is 2. The number of carbonyl (C=O) groups is 3. The number of rotatable bonds is 7. The van der Waals surface area contributed by atoms with Crippen molar-refractivity contribution in [2.45, 2.75) is 20.3 Å². The van der Waals surface area contributed by atoms with E-state index in [0.29, 0.717) is 17.0 Å². The minimum Gasteiger partial charge on any atom is -0.482 e. The minimum absolute atomic E-state index is 0.0135. The van der Waals surface area contributed by atoms with Crippen molar-refractivity contribution in [1.82, 2.24) is 0 Å². The summed E-state index contributed by atoms with van der Waals surface area (Å²) in [6.07, 6.45) is 0.185. The van der Waals surface area contributed by atoms with Gasteiger partial charge in [0.25, 0.3) is 5.97 Å². The van der Waals surface area contributed by atoms with E-state index in [0.717, 1.165) is 18.1 Å². The molecule has 0 spiro atoms. The molecule has 0 saturated carbocycles. The predicted octanol–water partition coefficient (Wildman–Crippen LogP) is 2.10. The van der Waals surface area contributed by atoms with E-state index in [-0.39, 0.29) is 24.8 Å². The van der Waals surface area contributed by atoms with Crippen molar-refractivity contribution in [3.63, 3.8) is 0 Å². The van der Waals surface area contributed by atoms with Crippen LogP contribution >= 0.6 is 0 Å². The zero-order valence-electron chi connectivity index (χ0n) is 17.0. The maximum atomic E-state index is 12.3. The molecule has 30 heavy (non-hydrogen) atoms. The standard InChI is InChI=1S/C19H21N3O4.C2H4O2/c1-12-3-8-15(26-11-18(24)25-2)10-16(12)22-17(23)9-13-4-6-14(7-5-13)19(20)21;1-2(3)4/h3-8,10H,9,11H2,1-2H3,(H3,20,21)(H,22,23);1H3,(H,3,4). The maximum Gasteiger partial charge on any atom is 0.343 e. The van der Waals surface area contributed by atoms with Crippen LogP contribution in [0.5, 0.6) is 5.75 Å². The number of carboxylic acids is 1. The fourth-order valence-corrected chi connectivity index (χ4v) is 2.21. The Hall–Kier alpha value is -3.88. The number of aryl methyl sites for hydroxylation is 1. The van der Waals surface area contributed by atoms with Gasteiger partial charge in [0.2, 0.25) is 5.91 Å². The SMILES string of the molecule is CC(=O)O.COC(=O)COc1ccc(C)c(NC(=O)Cc2ccc(C(=N)N)cc2)c1. The summed E-state index contributed by atoms with van der Waals surface area (Å²) in [5.74, 6) is -1.05. The molecule has 2 rings (SSSR count). The quantitative estimate of drug-likeness (QED) is 0.307. The van der Waals surface area contributed by atoms with Gasteiger partial charge in [-0.3, -0.25) is 15.0 Å². The average Bonchev–Trinajstić information content (AvgIpc) is 2.68. The van der Waals surface area contributed by atoms with Crippen LogP contribution in [-0.4, -0.2) is 42.5 Å². The third-order valence-corrected chi connectivity index (χ3v) is 3.70. The van der Waals surface area contributed by atoms with Crippen LogP contribution < -0.4 is 15.8 Å². The second kappa shape index (κ2) is 11.8. The number of esters is 1. The van der Waals surface area contributed by atoms with Crippen LogP contribution in [0.3, 0.4) is 0 Å². The summed E-state index contributed by atoms with van der Waals surface area (Å²) < 4.78 is 9.86. The van der Waals surface area contributed by atoms with Crippen molar-refractivity contribution in [3.8, 4) is 5.75 Å². The largest absolute Gasteiger partial charge is 0.482 e. The van der Waals surface area contributed by atoms with Gasteiger partial charge in [0.1, 0.15) is 11.6 Å². The first-order valence-electron chi connectivity index (χ1n) is 8.85. The molecule has 9 heteroatoms. The van der Waals surface area contributed by atoms with E-state index in [1.165, 1.54) is 7.11 Å². The molecule has 0 aliphatic carbocycles. The summed E-state index contributed by atoms with van der Waals surface area (Å²) in [5.41, 5.74) is 8.31. The van der Waals surface area contributed by atoms with Gasteiger partial charge in [-0.15, -0.1) is 0 Å². The molecular weight excluding hydrogens is 390 g/mol. The van der Waals surface area contributed by atoms with E-state index in [2.05, 4.69) is 10.1 Å². The topological polar surface area (TPSA) is 152 Å². The maximum absolute atomic E-state index is 12.3. The molecule has 2 aromatic carbocycles. The molecule has 0 atom stereocenters. The molecule has 160 valence electrons. The highest BCUT2D eigenvalue weighted by molar-refractivity contribution is 5.95. The first-order valence-corrected chi connectivity index (χ1v) is 8.85. The first kappa shape index (κ1) is 24.2. The van der Waals surface area contributed by atoms with Crippen LogP contribution in [0.4, 0.5) is 5.69 Å². The van der Waals surface area contributed by atoms with E-state index in [1.807, 2.05) is 6.92 Å². The number of aliphatic carboxylic acids is 1. The monoisotopic (exact) mass is 415 g/mol. The summed E-state index contributed by atoms with van der Waals surface area (Å²) in [4.78, 5) is 32.4. The number of carbonyl (C=O) groups excluding carboxylic acids is 2. The lowest BCUT2D eigenvalue weighted by molar-refractivity contribution is -0.143. The predicted molar refractivity (Wildman–Crippen MR) is 112 cm³/mol. The highest BCUT2D eigenvalue weighted by Crippen LogP contribution is 2.22. The van der Waals surface area contributed by atoms with Crippen LogP contribution in [0, 0.1) is 12.3 Å². The molecule has 9 nitrogen and oxygen atoms in total. The van der Waals surface area contributed by atoms with Gasteiger partial charge in [0, 0.05) is 24.2 Å². The highest BCUT2D eigenvalue weighted by atomic mass is 16.6. The molecule has 0 bridgehead atoms. The van der Waals surface area contributed by atoms with E-state index in [1.54, 1.807) is 42.5 Å². The number of nitrogen functional groups attached to an aromatic ring is 1. The van der Waals surface area contributed by atoms with Crippen LogP contribution in [0.2, 0.25) is 0 Å². The van der Waals surface area contributed by atoms with Crippen LogP contribution in [0.1, 0.15) is 23.6 Å². The Balaban J connectivity index is 0.00000103. The molecule has 0 radical (unpaired) electrons. The van der Waals surface area contributed by atoms with Crippen molar-refractivity contribution in [2.24, 2.45) is 5.73 Å². The van der Waals surface area contributed by atoms with Gasteiger partial charge in [-0.2, -0.15) is 0 Å². The van der Waals surface area contributed by atoms with Gasteiger partial charge < -0.3 is 25.6 Å². The molecule has 1 amide bonds. The number of amides is 1. The van der Waals surface area contributed by atoms with Gasteiger partial charge in [-0.05, 0) is 24.1 Å². The summed E-state index contributed by atoms with van der Waals surface area (Å²) in [6, 6.07) is 12.1. The second-order valence-corrected chi connectivity index (χ2v) is 6.20. The van der Waals surface area contributed by atoms with E-state index in [9.17, 15) is 9.59 Å². The molecule has 0 heterocycles. The highest BCUT2D eigenvalue weighted by Gasteiger charge is 2.09. The molecule has 0 aliphatic heterocycles. The smallest absolute Gasteiger partial charge is 0.343 e. The fraction of sp³-hybridized carbons (Fsp3) is 0.238. The molecule has 0 saturated heterocycles. The van der Waals surface area contributed by atoms with Crippen LogP contribution in [-0.2, 0) is 25.5 Å².